The summed E-state index contributed by atoms with van der Waals surface area (Å²) in [6.07, 6.45) is 14.1. The number of esters is 1. The molecule has 0 amide bonds. The number of hydrogen-bond acceptors (Lipinski definition) is 2. The van der Waals surface area contributed by atoms with Crippen molar-refractivity contribution in [2.24, 2.45) is 46.3 Å². The summed E-state index contributed by atoms with van der Waals surface area (Å²) < 4.78 is 5.67. The van der Waals surface area contributed by atoms with E-state index in [4.69, 9.17) is 16.3 Å². The molecule has 33 heavy (non-hydrogen) atoms. The molecular formula is C30H49ClO2. The summed E-state index contributed by atoms with van der Waals surface area (Å²) in [5.74, 6) is 5.53. The van der Waals surface area contributed by atoms with Gasteiger partial charge in [-0.3, -0.25) is 4.79 Å². The van der Waals surface area contributed by atoms with E-state index in [9.17, 15) is 4.79 Å². The maximum atomic E-state index is 11.6. The zero-order valence-electron chi connectivity index (χ0n) is 22.2. The Balaban J connectivity index is 1.54. The van der Waals surface area contributed by atoms with Crippen molar-refractivity contribution in [2.75, 3.05) is 5.88 Å². The average Bonchev–Trinajstić information content (AvgIpc) is 3.10. The van der Waals surface area contributed by atoms with Gasteiger partial charge in [-0.2, -0.15) is 0 Å². The second kappa shape index (κ2) is 9.87. The van der Waals surface area contributed by atoms with Crippen LogP contribution in [0.2, 0.25) is 0 Å². The van der Waals surface area contributed by atoms with E-state index in [1.807, 2.05) is 0 Å². The zero-order chi connectivity index (χ0) is 24.0. The highest BCUT2D eigenvalue weighted by Crippen LogP contribution is 2.68. The molecule has 0 aliphatic heterocycles. The summed E-state index contributed by atoms with van der Waals surface area (Å²) in [4.78, 5) is 11.6. The van der Waals surface area contributed by atoms with Gasteiger partial charge in [-0.25, -0.2) is 0 Å². The van der Waals surface area contributed by atoms with Crippen molar-refractivity contribution < 1.29 is 9.53 Å². The summed E-state index contributed by atoms with van der Waals surface area (Å²) in [5, 5.41) is 0. The van der Waals surface area contributed by atoms with E-state index in [1.54, 1.807) is 12.5 Å². The Kier molecular flexibility index (Phi) is 7.65. The van der Waals surface area contributed by atoms with Crippen LogP contribution in [0, 0.1) is 46.3 Å². The van der Waals surface area contributed by atoms with Crippen LogP contribution in [-0.2, 0) is 9.53 Å². The highest BCUT2D eigenvalue weighted by atomic mass is 35.5. The maximum Gasteiger partial charge on any atom is 0.302 e. The van der Waals surface area contributed by atoms with E-state index in [-0.39, 0.29) is 17.5 Å². The number of rotatable bonds is 7. The van der Waals surface area contributed by atoms with Gasteiger partial charge in [-0.1, -0.05) is 65.0 Å². The molecule has 3 heteroatoms. The van der Waals surface area contributed by atoms with E-state index in [0.717, 1.165) is 54.8 Å². The molecule has 3 fully saturated rings. The molecule has 3 unspecified atom stereocenters. The molecule has 0 saturated heterocycles. The van der Waals surface area contributed by atoms with Gasteiger partial charge in [0.25, 0.3) is 0 Å². The lowest BCUT2D eigenvalue weighted by Gasteiger charge is -2.59. The van der Waals surface area contributed by atoms with Crippen LogP contribution in [0.25, 0.3) is 0 Å². The van der Waals surface area contributed by atoms with Gasteiger partial charge in [0.05, 0.1) is 0 Å². The van der Waals surface area contributed by atoms with E-state index >= 15 is 0 Å². The third-order valence-electron chi connectivity index (χ3n) is 11.0. The molecule has 0 aromatic heterocycles. The first-order valence-corrected chi connectivity index (χ1v) is 14.6. The number of halogens is 1. The van der Waals surface area contributed by atoms with Crippen LogP contribution in [0.4, 0.5) is 0 Å². The van der Waals surface area contributed by atoms with Crippen LogP contribution >= 0.6 is 11.6 Å². The molecule has 4 aliphatic carbocycles. The van der Waals surface area contributed by atoms with Crippen LogP contribution in [0.3, 0.4) is 0 Å². The maximum absolute atomic E-state index is 11.6. The smallest absolute Gasteiger partial charge is 0.302 e. The summed E-state index contributed by atoms with van der Waals surface area (Å²) >= 11 is 6.62. The number of allylic oxidation sites excluding steroid dienone is 1. The predicted molar refractivity (Wildman–Crippen MR) is 138 cm³/mol. The number of hydrogen-bond donors (Lipinski definition) is 0. The van der Waals surface area contributed by atoms with Crippen LogP contribution in [0.15, 0.2) is 11.1 Å². The fraction of sp³-hybridized carbons (Fsp3) is 0.900. The van der Waals surface area contributed by atoms with E-state index < -0.39 is 0 Å². The highest BCUT2D eigenvalue weighted by Gasteiger charge is 2.60. The van der Waals surface area contributed by atoms with Crippen molar-refractivity contribution in [3.63, 3.8) is 0 Å². The molecule has 0 N–H and O–H groups in total. The van der Waals surface area contributed by atoms with Crippen LogP contribution in [0.5, 0.6) is 0 Å². The lowest BCUT2D eigenvalue weighted by Crippen LogP contribution is -2.52. The molecule has 4 rings (SSSR count). The van der Waals surface area contributed by atoms with Crippen LogP contribution < -0.4 is 0 Å². The molecule has 0 radical (unpaired) electrons. The minimum Gasteiger partial charge on any atom is -0.462 e. The Morgan fingerprint density at radius 2 is 1.79 bits per heavy atom. The minimum absolute atomic E-state index is 0.0525. The Labute approximate surface area is 208 Å². The van der Waals surface area contributed by atoms with Gasteiger partial charge in [0, 0.05) is 19.2 Å². The Morgan fingerprint density at radius 3 is 2.45 bits per heavy atom. The molecule has 3 saturated carbocycles. The first kappa shape index (κ1) is 25.6. The number of ether oxygens (including phenoxy) is 1. The first-order valence-electron chi connectivity index (χ1n) is 14.0. The van der Waals surface area contributed by atoms with E-state index in [0.29, 0.717) is 11.3 Å². The Bertz CT molecular complexity index is 756. The number of fused-ring (bicyclic) bond motifs is 5. The lowest BCUT2D eigenvalue weighted by atomic mass is 9.46. The predicted octanol–water partition coefficient (Wildman–Crippen LogP) is 8.57. The number of carbonyl (C=O) groups excluding carboxylic acids is 1. The lowest BCUT2D eigenvalue weighted by molar-refractivity contribution is -0.148. The molecule has 8 atom stereocenters. The molecule has 0 spiro atoms. The summed E-state index contributed by atoms with van der Waals surface area (Å²) in [5.41, 5.74) is 3.83. The van der Waals surface area contributed by atoms with Gasteiger partial charge < -0.3 is 4.74 Å². The third kappa shape index (κ3) is 4.68. The number of carbonyl (C=O) groups is 1. The van der Waals surface area contributed by atoms with Crippen LogP contribution in [0.1, 0.15) is 112 Å². The quantitative estimate of drug-likeness (QED) is 0.209. The van der Waals surface area contributed by atoms with Gasteiger partial charge in [-0.05, 0) is 91.3 Å². The molecule has 4 aliphatic rings. The normalized spacial score (nSPS) is 41.4. The summed E-state index contributed by atoms with van der Waals surface area (Å²) in [6, 6.07) is 0. The van der Waals surface area contributed by atoms with Crippen molar-refractivity contribution in [2.45, 2.75) is 118 Å². The largest absolute Gasteiger partial charge is 0.462 e. The molecule has 2 nitrogen and oxygen atoms in total. The zero-order valence-corrected chi connectivity index (χ0v) is 23.0. The monoisotopic (exact) mass is 476 g/mol. The molecule has 188 valence electrons. The second-order valence-electron chi connectivity index (χ2n) is 13.2. The fourth-order valence-electron chi connectivity index (χ4n) is 9.40. The van der Waals surface area contributed by atoms with Crippen molar-refractivity contribution in [1.29, 1.82) is 0 Å². The Hall–Kier alpha value is -0.500. The summed E-state index contributed by atoms with van der Waals surface area (Å²) in [6.45, 7) is 14.0. The standard InChI is InChI=1S/C30H49ClO2/c1-19(2)8-7-9-20(3)25-10-11-26-24-16-22(18-31)28-17-23(33-21(4)32)12-14-30(28,6)27(24)13-15-29(25,26)5/h19-20,23-27H,7-18H2,1-6H3/t20-,23+,24?,25-,26?,27?,29-,30-/m1/s1. The SMILES string of the molecule is CC(=O)O[C@H]1CC[C@@]2(C)C(=C(CCl)CC3C2CC[C@@]2(C)C3CC[C@@H]2[C@H](C)CCCC(C)C)C1. The van der Waals surface area contributed by atoms with Gasteiger partial charge in [-0.15, -0.1) is 11.6 Å². The van der Waals surface area contributed by atoms with Crippen molar-refractivity contribution >= 4 is 17.6 Å². The molecule has 0 aromatic carbocycles. The van der Waals surface area contributed by atoms with E-state index in [2.05, 4.69) is 34.6 Å². The van der Waals surface area contributed by atoms with Gasteiger partial charge in [0.15, 0.2) is 0 Å². The van der Waals surface area contributed by atoms with Gasteiger partial charge >= 0.3 is 5.97 Å². The van der Waals surface area contributed by atoms with Crippen molar-refractivity contribution in [3.05, 3.63) is 11.1 Å². The average molecular weight is 477 g/mol. The molecule has 0 bridgehead atoms. The molecule has 0 heterocycles. The van der Waals surface area contributed by atoms with Gasteiger partial charge in [0.1, 0.15) is 6.10 Å². The summed E-state index contributed by atoms with van der Waals surface area (Å²) in [7, 11) is 0. The molecule has 0 aromatic rings. The van der Waals surface area contributed by atoms with Gasteiger partial charge in [0.2, 0.25) is 0 Å². The minimum atomic E-state index is -0.141. The van der Waals surface area contributed by atoms with Crippen molar-refractivity contribution in [3.8, 4) is 0 Å². The molecular weight excluding hydrogens is 428 g/mol. The van der Waals surface area contributed by atoms with Crippen molar-refractivity contribution in [1.82, 2.24) is 0 Å². The second-order valence-corrected chi connectivity index (χ2v) is 13.5. The third-order valence-corrected chi connectivity index (χ3v) is 11.3. The fourth-order valence-corrected chi connectivity index (χ4v) is 9.67. The van der Waals surface area contributed by atoms with Crippen LogP contribution in [-0.4, -0.2) is 18.0 Å². The Morgan fingerprint density at radius 1 is 1.03 bits per heavy atom. The van der Waals surface area contributed by atoms with E-state index in [1.165, 1.54) is 56.9 Å². The first-order chi connectivity index (χ1) is 15.6. The highest BCUT2D eigenvalue weighted by molar-refractivity contribution is 6.19. The number of alkyl halides is 1. The topological polar surface area (TPSA) is 26.3 Å².